The second kappa shape index (κ2) is 11.4. The molecule has 1 aromatic carbocycles. The highest BCUT2D eigenvalue weighted by Crippen LogP contribution is 2.19. The van der Waals surface area contributed by atoms with Crippen LogP contribution < -0.4 is 10.6 Å². The van der Waals surface area contributed by atoms with Crippen molar-refractivity contribution in [3.8, 4) is 0 Å². The molecule has 3 atom stereocenters. The molecule has 10 heteroatoms. The zero-order valence-electron chi connectivity index (χ0n) is 17.0. The number of aliphatic carboxylic acids is 1. The summed E-state index contributed by atoms with van der Waals surface area (Å²) >= 11 is 1.29. The summed E-state index contributed by atoms with van der Waals surface area (Å²) in [4.78, 5) is 49.9. The average Bonchev–Trinajstić information content (AvgIpc) is 3.22. The van der Waals surface area contributed by atoms with Gasteiger partial charge in [-0.3, -0.25) is 14.5 Å². The number of ether oxygens (including phenoxy) is 1. The second-order valence-electron chi connectivity index (χ2n) is 6.98. The van der Waals surface area contributed by atoms with Crippen molar-refractivity contribution in [3.63, 3.8) is 0 Å². The van der Waals surface area contributed by atoms with Crippen LogP contribution in [0.4, 0.5) is 4.79 Å². The van der Waals surface area contributed by atoms with Gasteiger partial charge in [-0.1, -0.05) is 30.3 Å². The van der Waals surface area contributed by atoms with Gasteiger partial charge in [0.1, 0.15) is 24.7 Å². The predicted octanol–water partition coefficient (Wildman–Crippen LogP) is 1.22. The molecule has 1 aliphatic heterocycles. The smallest absolute Gasteiger partial charge is 0.410 e. The minimum absolute atomic E-state index is 0.106. The minimum Gasteiger partial charge on any atom is -0.480 e. The lowest BCUT2D eigenvalue weighted by Crippen LogP contribution is -2.54. The lowest BCUT2D eigenvalue weighted by Gasteiger charge is -2.25. The average molecular weight is 438 g/mol. The van der Waals surface area contributed by atoms with Crippen LogP contribution in [0.2, 0.25) is 0 Å². The van der Waals surface area contributed by atoms with E-state index in [9.17, 15) is 19.2 Å². The summed E-state index contributed by atoms with van der Waals surface area (Å²) in [6.07, 6.45) is 2.26. The van der Waals surface area contributed by atoms with E-state index in [0.717, 1.165) is 5.56 Å². The molecule has 0 aliphatic carbocycles. The van der Waals surface area contributed by atoms with E-state index in [1.54, 1.807) is 6.26 Å². The number of carbonyl (C=O) groups excluding carboxylic acids is 3. The first-order valence-electron chi connectivity index (χ1n) is 9.63. The Balaban J connectivity index is 1.88. The maximum absolute atomic E-state index is 12.6. The molecule has 1 aliphatic rings. The summed E-state index contributed by atoms with van der Waals surface area (Å²) in [5.74, 6) is -1.99. The van der Waals surface area contributed by atoms with Crippen LogP contribution >= 0.6 is 11.8 Å². The summed E-state index contributed by atoms with van der Waals surface area (Å²) < 4.78 is 5.31. The topological polar surface area (TPSA) is 125 Å². The van der Waals surface area contributed by atoms with Crippen LogP contribution in [0.15, 0.2) is 30.3 Å². The van der Waals surface area contributed by atoms with E-state index in [1.807, 2.05) is 30.3 Å². The Kier molecular flexibility index (Phi) is 8.97. The van der Waals surface area contributed by atoms with E-state index in [4.69, 9.17) is 9.84 Å². The van der Waals surface area contributed by atoms with Crippen LogP contribution in [-0.4, -0.2) is 70.6 Å². The third kappa shape index (κ3) is 6.65. The van der Waals surface area contributed by atoms with Gasteiger partial charge in [0, 0.05) is 12.3 Å². The number of thioether (sulfide) groups is 1. The first kappa shape index (κ1) is 23.5. The number of hydrogen-bond acceptors (Lipinski definition) is 6. The molecule has 1 fully saturated rings. The monoisotopic (exact) mass is 437 g/mol. The van der Waals surface area contributed by atoms with Gasteiger partial charge >= 0.3 is 12.1 Å². The molecule has 164 valence electrons. The van der Waals surface area contributed by atoms with Crippen molar-refractivity contribution < 1.29 is 29.0 Å². The molecule has 3 N–H and O–H groups in total. The number of nitrogens with zero attached hydrogens (tertiary/aromatic N) is 1. The van der Waals surface area contributed by atoms with Gasteiger partial charge in [0.25, 0.3) is 0 Å². The van der Waals surface area contributed by atoms with Crippen molar-refractivity contribution in [2.24, 2.45) is 0 Å². The second-order valence-corrected chi connectivity index (χ2v) is 7.89. The third-order valence-corrected chi connectivity index (χ3v) is 5.36. The number of benzene rings is 1. The summed E-state index contributed by atoms with van der Waals surface area (Å²) in [6, 6.07) is 6.51. The number of carboxylic acid groups (broad SMARTS) is 1. The van der Waals surface area contributed by atoms with Crippen molar-refractivity contribution in [2.45, 2.75) is 44.5 Å². The first-order valence-corrected chi connectivity index (χ1v) is 11.0. The van der Waals surface area contributed by atoms with Crippen LogP contribution in [0.3, 0.4) is 0 Å². The summed E-state index contributed by atoms with van der Waals surface area (Å²) in [7, 11) is 0. The zero-order valence-corrected chi connectivity index (χ0v) is 17.8. The highest BCUT2D eigenvalue weighted by molar-refractivity contribution is 7.98. The molecule has 0 unspecified atom stereocenters. The maximum atomic E-state index is 12.6. The Bertz CT molecular complexity index is 760. The fourth-order valence-corrected chi connectivity index (χ4v) is 3.63. The first-order chi connectivity index (χ1) is 14.3. The fourth-order valence-electron chi connectivity index (χ4n) is 3.07. The predicted molar refractivity (Wildman–Crippen MR) is 112 cm³/mol. The van der Waals surface area contributed by atoms with Crippen molar-refractivity contribution in [3.05, 3.63) is 35.9 Å². The maximum Gasteiger partial charge on any atom is 0.410 e. The minimum atomic E-state index is -1.14. The third-order valence-electron chi connectivity index (χ3n) is 4.70. The number of rotatable bonds is 9. The molecule has 0 radical (unpaired) electrons. The number of amides is 3. The van der Waals surface area contributed by atoms with Crippen LogP contribution in [0.5, 0.6) is 0 Å². The number of carboxylic acids is 1. The van der Waals surface area contributed by atoms with Gasteiger partial charge in [0.2, 0.25) is 11.8 Å². The molecular formula is C20H27N3O6S. The Hall–Kier alpha value is -2.75. The molecule has 1 saturated heterocycles. The highest BCUT2D eigenvalue weighted by atomic mass is 32.2. The Morgan fingerprint density at radius 3 is 2.57 bits per heavy atom. The van der Waals surface area contributed by atoms with Crippen molar-refractivity contribution in [2.75, 3.05) is 18.6 Å². The van der Waals surface area contributed by atoms with Gasteiger partial charge in [0.05, 0.1) is 0 Å². The number of nitrogens with one attached hydrogen (secondary N) is 2. The number of hydrogen-bond donors (Lipinski definition) is 3. The van der Waals surface area contributed by atoms with Crippen molar-refractivity contribution >= 4 is 35.6 Å². The molecule has 0 bridgehead atoms. The standard InChI is InChI=1S/C20H27N3O6S/c1-13(17(24)22-15(12-30-2)19(26)27)21-18(25)16-9-6-10-23(16)20(28)29-11-14-7-4-3-5-8-14/h3-5,7-8,13,15-16H,6,9-12H2,1-2H3,(H,21,25)(H,22,24)(H,26,27)/t13-,15+,16+/m1/s1. The SMILES string of the molecule is CSC[C@H](NC(=O)[C@@H](C)NC(=O)[C@@H]1CCCN1C(=O)OCc1ccccc1)C(=O)O. The highest BCUT2D eigenvalue weighted by Gasteiger charge is 2.36. The zero-order chi connectivity index (χ0) is 22.1. The van der Waals surface area contributed by atoms with Gasteiger partial charge in [-0.2, -0.15) is 11.8 Å². The molecule has 30 heavy (non-hydrogen) atoms. The van der Waals surface area contributed by atoms with E-state index in [0.29, 0.717) is 19.4 Å². The van der Waals surface area contributed by atoms with Crippen LogP contribution in [-0.2, 0) is 25.7 Å². The quantitative estimate of drug-likeness (QED) is 0.530. The molecule has 2 rings (SSSR count). The van der Waals surface area contributed by atoms with Crippen LogP contribution in [0.25, 0.3) is 0 Å². The summed E-state index contributed by atoms with van der Waals surface area (Å²) in [5.41, 5.74) is 0.842. The molecule has 0 saturated carbocycles. The Morgan fingerprint density at radius 1 is 1.23 bits per heavy atom. The van der Waals surface area contributed by atoms with Gasteiger partial charge in [-0.15, -0.1) is 0 Å². The van der Waals surface area contributed by atoms with Gasteiger partial charge < -0.3 is 20.5 Å². The normalized spacial score (nSPS) is 17.7. The molecule has 3 amide bonds. The van der Waals surface area contributed by atoms with E-state index < -0.39 is 42.0 Å². The Morgan fingerprint density at radius 2 is 1.93 bits per heavy atom. The fraction of sp³-hybridized carbons (Fsp3) is 0.500. The Labute approximate surface area is 179 Å². The van der Waals surface area contributed by atoms with Gasteiger partial charge in [0.15, 0.2) is 0 Å². The lowest BCUT2D eigenvalue weighted by molar-refractivity contribution is -0.141. The summed E-state index contributed by atoms with van der Waals surface area (Å²) in [5, 5.41) is 14.1. The lowest BCUT2D eigenvalue weighted by atomic mass is 10.2. The van der Waals surface area contributed by atoms with Gasteiger partial charge in [-0.05, 0) is 31.6 Å². The largest absolute Gasteiger partial charge is 0.480 e. The molecule has 0 spiro atoms. The van der Waals surface area contributed by atoms with Crippen molar-refractivity contribution in [1.82, 2.24) is 15.5 Å². The molecule has 1 heterocycles. The van der Waals surface area contributed by atoms with Crippen molar-refractivity contribution in [1.29, 1.82) is 0 Å². The molecule has 1 aromatic rings. The molecule has 0 aromatic heterocycles. The van der Waals surface area contributed by atoms with Crippen LogP contribution in [0, 0.1) is 0 Å². The van der Waals surface area contributed by atoms with E-state index in [2.05, 4.69) is 10.6 Å². The van der Waals surface area contributed by atoms with Crippen LogP contribution in [0.1, 0.15) is 25.3 Å². The van der Waals surface area contributed by atoms with E-state index >= 15 is 0 Å². The number of likely N-dealkylation sites (tertiary alicyclic amines) is 1. The van der Waals surface area contributed by atoms with Gasteiger partial charge in [-0.25, -0.2) is 9.59 Å². The summed E-state index contributed by atoms with van der Waals surface area (Å²) in [6.45, 7) is 1.97. The van der Waals surface area contributed by atoms with E-state index in [-0.39, 0.29) is 12.4 Å². The van der Waals surface area contributed by atoms with E-state index in [1.165, 1.54) is 23.6 Å². The number of carbonyl (C=O) groups is 4. The molecule has 9 nitrogen and oxygen atoms in total. The molecular weight excluding hydrogens is 410 g/mol.